The summed E-state index contributed by atoms with van der Waals surface area (Å²) in [5.41, 5.74) is 5.79. The second-order valence-corrected chi connectivity index (χ2v) is 8.47. The number of H-pyrrole nitrogens is 1. The topological polar surface area (TPSA) is 103 Å². The van der Waals surface area contributed by atoms with Crippen LogP contribution >= 0.6 is 11.6 Å². The Morgan fingerprint density at radius 1 is 1.17 bits per heavy atom. The van der Waals surface area contributed by atoms with Crippen molar-refractivity contribution in [3.63, 3.8) is 0 Å². The molecule has 1 aliphatic rings. The summed E-state index contributed by atoms with van der Waals surface area (Å²) in [6.45, 7) is 0.646. The number of ether oxygens (including phenoxy) is 2. The van der Waals surface area contributed by atoms with Crippen molar-refractivity contribution >= 4 is 29.6 Å². The summed E-state index contributed by atoms with van der Waals surface area (Å²) >= 11 is 5.98. The number of aromatic amines is 1. The van der Waals surface area contributed by atoms with E-state index in [1.54, 1.807) is 30.3 Å². The van der Waals surface area contributed by atoms with Crippen LogP contribution in [0.15, 0.2) is 54.6 Å². The molecule has 2 aromatic carbocycles. The number of nitrogens with zero attached hydrogens (tertiary/aromatic N) is 1. The fourth-order valence-corrected chi connectivity index (χ4v) is 3.77. The van der Waals surface area contributed by atoms with Gasteiger partial charge in [0, 0.05) is 36.1 Å². The molecule has 1 aliphatic heterocycles. The molecule has 182 valence electrons. The lowest BCUT2D eigenvalue weighted by Gasteiger charge is -2.21. The minimum absolute atomic E-state index is 0.288. The van der Waals surface area contributed by atoms with E-state index in [0.29, 0.717) is 29.6 Å². The Balaban J connectivity index is 1.39. The number of carbonyl (C=O) groups is 2. The Morgan fingerprint density at radius 2 is 1.94 bits per heavy atom. The Bertz CT molecular complexity index is 1180. The molecule has 1 atom stereocenters. The summed E-state index contributed by atoms with van der Waals surface area (Å²) in [5, 5.41) is 0.599. The van der Waals surface area contributed by atoms with Gasteiger partial charge in [0.15, 0.2) is 12.0 Å². The maximum Gasteiger partial charge on any atom is 0.356 e. The zero-order valence-electron chi connectivity index (χ0n) is 19.3. The molecule has 1 amide bonds. The van der Waals surface area contributed by atoms with Crippen LogP contribution in [0.4, 0.5) is 0 Å². The predicted molar refractivity (Wildman–Crippen MR) is 131 cm³/mol. The molecule has 8 nitrogen and oxygen atoms in total. The Kier molecular flexibility index (Phi) is 8.31. The average Bonchev–Trinajstić information content (AvgIpc) is 3.31. The second-order valence-electron chi connectivity index (χ2n) is 8.04. The molecule has 0 saturated carbocycles. The molecule has 0 radical (unpaired) electrons. The van der Waals surface area contributed by atoms with Gasteiger partial charge in [0.2, 0.25) is 0 Å². The SMILES string of the molecule is COC(=O)c1[nH]c(Cc2ccc(C=CC(=O)NOC3CCCCO3)cc2)nc1-c1ccc(Cl)cc1. The molecule has 9 heteroatoms. The highest BCUT2D eigenvalue weighted by atomic mass is 35.5. The summed E-state index contributed by atoms with van der Waals surface area (Å²) in [5.74, 6) is -0.226. The predicted octanol–water partition coefficient (Wildman–Crippen LogP) is 4.70. The van der Waals surface area contributed by atoms with E-state index >= 15 is 0 Å². The van der Waals surface area contributed by atoms with Gasteiger partial charge in [0.25, 0.3) is 5.91 Å². The van der Waals surface area contributed by atoms with Gasteiger partial charge in [-0.3, -0.25) is 4.79 Å². The van der Waals surface area contributed by atoms with Gasteiger partial charge in [-0.25, -0.2) is 20.1 Å². The quantitative estimate of drug-likeness (QED) is 0.267. The molecule has 1 unspecified atom stereocenters. The minimum Gasteiger partial charge on any atom is -0.464 e. The minimum atomic E-state index is -0.494. The lowest BCUT2D eigenvalue weighted by molar-refractivity contribution is -0.198. The first-order valence-corrected chi connectivity index (χ1v) is 11.7. The smallest absolute Gasteiger partial charge is 0.356 e. The van der Waals surface area contributed by atoms with E-state index in [0.717, 1.165) is 36.0 Å². The van der Waals surface area contributed by atoms with Crippen LogP contribution in [0.2, 0.25) is 5.02 Å². The Hall–Kier alpha value is -3.46. The van der Waals surface area contributed by atoms with Crippen LogP contribution in [0.1, 0.15) is 46.7 Å². The normalized spacial score (nSPS) is 15.8. The van der Waals surface area contributed by atoms with Gasteiger partial charge >= 0.3 is 5.97 Å². The van der Waals surface area contributed by atoms with E-state index in [1.165, 1.54) is 13.2 Å². The number of rotatable bonds is 8. The van der Waals surface area contributed by atoms with Crippen molar-refractivity contribution in [2.24, 2.45) is 0 Å². The number of hydrogen-bond donors (Lipinski definition) is 2. The molecule has 35 heavy (non-hydrogen) atoms. The second kappa shape index (κ2) is 11.8. The fourth-order valence-electron chi connectivity index (χ4n) is 3.65. The van der Waals surface area contributed by atoms with Crippen molar-refractivity contribution in [3.8, 4) is 11.3 Å². The summed E-state index contributed by atoms with van der Waals surface area (Å²) in [6, 6.07) is 14.8. The zero-order valence-corrected chi connectivity index (χ0v) is 20.0. The summed E-state index contributed by atoms with van der Waals surface area (Å²) in [7, 11) is 1.33. The van der Waals surface area contributed by atoms with E-state index in [9.17, 15) is 9.59 Å². The van der Waals surface area contributed by atoms with Gasteiger partial charge in [-0.1, -0.05) is 48.0 Å². The molecule has 1 saturated heterocycles. The van der Waals surface area contributed by atoms with Gasteiger partial charge in [0.05, 0.1) is 7.11 Å². The molecular formula is C26H26ClN3O5. The van der Waals surface area contributed by atoms with Crippen molar-refractivity contribution in [2.45, 2.75) is 32.0 Å². The van der Waals surface area contributed by atoms with E-state index in [1.807, 2.05) is 24.3 Å². The number of aromatic nitrogens is 2. The molecular weight excluding hydrogens is 470 g/mol. The van der Waals surface area contributed by atoms with Crippen LogP contribution in [-0.4, -0.2) is 41.9 Å². The maximum atomic E-state index is 12.3. The monoisotopic (exact) mass is 495 g/mol. The van der Waals surface area contributed by atoms with Crippen LogP contribution in [0.25, 0.3) is 17.3 Å². The molecule has 3 aromatic rings. The average molecular weight is 496 g/mol. The van der Waals surface area contributed by atoms with Crippen LogP contribution in [0.5, 0.6) is 0 Å². The van der Waals surface area contributed by atoms with Crippen LogP contribution in [0.3, 0.4) is 0 Å². The van der Waals surface area contributed by atoms with Gasteiger partial charge < -0.3 is 14.5 Å². The van der Waals surface area contributed by atoms with Gasteiger partial charge in [-0.05, 0) is 42.2 Å². The van der Waals surface area contributed by atoms with Crippen LogP contribution in [-0.2, 0) is 25.5 Å². The Morgan fingerprint density at radius 3 is 2.63 bits per heavy atom. The van der Waals surface area contributed by atoms with Crippen molar-refractivity contribution in [1.29, 1.82) is 0 Å². The number of methoxy groups -OCH3 is 1. The summed E-state index contributed by atoms with van der Waals surface area (Å²) < 4.78 is 10.3. The zero-order chi connectivity index (χ0) is 24.6. The standard InChI is InChI=1S/C26H26ClN3O5/c1-33-26(32)25-24(19-10-12-20(27)13-11-19)28-21(29-25)16-18-7-5-17(6-8-18)9-14-22(31)30-35-23-4-2-3-15-34-23/h5-14,23H,2-4,15-16H2,1H3,(H,28,29)(H,30,31). The molecule has 2 N–H and O–H groups in total. The van der Waals surface area contributed by atoms with Gasteiger partial charge in [0.1, 0.15) is 11.5 Å². The largest absolute Gasteiger partial charge is 0.464 e. The van der Waals surface area contributed by atoms with E-state index < -0.39 is 5.97 Å². The summed E-state index contributed by atoms with van der Waals surface area (Å²) in [4.78, 5) is 37.2. The lowest BCUT2D eigenvalue weighted by Crippen LogP contribution is -2.32. The fraction of sp³-hybridized carbons (Fsp3) is 0.269. The van der Waals surface area contributed by atoms with Crippen molar-refractivity contribution in [1.82, 2.24) is 15.4 Å². The van der Waals surface area contributed by atoms with Crippen molar-refractivity contribution in [3.05, 3.63) is 82.3 Å². The number of esters is 1. The first kappa shape index (κ1) is 24.7. The molecule has 1 fully saturated rings. The number of halogens is 1. The summed E-state index contributed by atoms with van der Waals surface area (Å²) in [6.07, 6.45) is 6.01. The molecule has 2 heterocycles. The third-order valence-electron chi connectivity index (χ3n) is 5.47. The maximum absolute atomic E-state index is 12.3. The van der Waals surface area contributed by atoms with E-state index in [4.69, 9.17) is 25.9 Å². The number of imidazole rings is 1. The highest BCUT2D eigenvalue weighted by molar-refractivity contribution is 6.30. The highest BCUT2D eigenvalue weighted by Crippen LogP contribution is 2.25. The number of nitrogens with one attached hydrogen (secondary N) is 2. The third kappa shape index (κ3) is 6.79. The van der Waals surface area contributed by atoms with Gasteiger partial charge in [-0.15, -0.1) is 0 Å². The Labute approximate surface area is 208 Å². The van der Waals surface area contributed by atoms with Crippen LogP contribution < -0.4 is 5.48 Å². The molecule has 1 aromatic heterocycles. The molecule has 0 bridgehead atoms. The molecule has 0 spiro atoms. The van der Waals surface area contributed by atoms with Crippen molar-refractivity contribution < 1.29 is 23.9 Å². The molecule has 0 aliphatic carbocycles. The van der Waals surface area contributed by atoms with Gasteiger partial charge in [-0.2, -0.15) is 0 Å². The third-order valence-corrected chi connectivity index (χ3v) is 5.72. The van der Waals surface area contributed by atoms with Crippen LogP contribution in [0, 0.1) is 0 Å². The first-order chi connectivity index (χ1) is 17.0. The number of benzene rings is 2. The highest BCUT2D eigenvalue weighted by Gasteiger charge is 2.19. The van der Waals surface area contributed by atoms with E-state index in [-0.39, 0.29) is 17.9 Å². The number of hydroxylamine groups is 1. The van der Waals surface area contributed by atoms with Crippen molar-refractivity contribution in [2.75, 3.05) is 13.7 Å². The molecule has 4 rings (SSSR count). The number of carbonyl (C=O) groups excluding carboxylic acids is 2. The van der Waals surface area contributed by atoms with E-state index in [2.05, 4.69) is 15.4 Å². The lowest BCUT2D eigenvalue weighted by atomic mass is 10.1. The number of hydrogen-bond acceptors (Lipinski definition) is 6. The number of amides is 1. The first-order valence-electron chi connectivity index (χ1n) is 11.3.